The first-order chi connectivity index (χ1) is 4.91. The molecule has 0 heterocycles. The van der Waals surface area contributed by atoms with Crippen molar-refractivity contribution >= 4 is 22.6 Å². The molecule has 0 aliphatic rings. The molecule has 2 nitrogen and oxygen atoms in total. The van der Waals surface area contributed by atoms with Crippen LogP contribution in [0.2, 0.25) is 0 Å². The van der Waals surface area contributed by atoms with Gasteiger partial charge in [-0.15, -0.1) is 0 Å². The second-order valence-electron chi connectivity index (χ2n) is 2.14. The molecular formula is C7H16INO. The van der Waals surface area contributed by atoms with Crippen molar-refractivity contribution in [2.24, 2.45) is 0 Å². The van der Waals surface area contributed by atoms with E-state index in [4.69, 9.17) is 4.74 Å². The van der Waals surface area contributed by atoms with Gasteiger partial charge >= 0.3 is 0 Å². The summed E-state index contributed by atoms with van der Waals surface area (Å²) in [5, 5.41) is 3.34. The van der Waals surface area contributed by atoms with E-state index in [0.29, 0.717) is 0 Å². The van der Waals surface area contributed by atoms with Crippen LogP contribution in [0.5, 0.6) is 0 Å². The van der Waals surface area contributed by atoms with E-state index in [1.807, 2.05) is 0 Å². The van der Waals surface area contributed by atoms with Crippen LogP contribution in [0.3, 0.4) is 0 Å². The predicted molar refractivity (Wildman–Crippen MR) is 52.9 cm³/mol. The molecule has 3 heteroatoms. The lowest BCUT2D eigenvalue weighted by molar-refractivity contribution is 0.194. The van der Waals surface area contributed by atoms with Crippen molar-refractivity contribution in [1.82, 2.24) is 5.32 Å². The minimum atomic E-state index is 0.872. The standard InChI is InChI=1S/C7H16INO/c1-10-7-3-6-9-5-2-4-8/h9H,2-7H2,1H3. The maximum atomic E-state index is 4.91. The van der Waals surface area contributed by atoms with Gasteiger partial charge in [-0.1, -0.05) is 22.6 Å². The molecule has 0 aliphatic carbocycles. The van der Waals surface area contributed by atoms with Crippen LogP contribution in [0.15, 0.2) is 0 Å². The van der Waals surface area contributed by atoms with Gasteiger partial charge in [-0.05, 0) is 25.9 Å². The van der Waals surface area contributed by atoms with Gasteiger partial charge in [0.2, 0.25) is 0 Å². The minimum absolute atomic E-state index is 0.872. The molecule has 0 spiro atoms. The molecule has 0 aromatic heterocycles. The third-order valence-electron chi connectivity index (χ3n) is 1.19. The van der Waals surface area contributed by atoms with Gasteiger partial charge in [-0.25, -0.2) is 0 Å². The first kappa shape index (κ1) is 10.7. The third-order valence-corrected chi connectivity index (χ3v) is 1.95. The van der Waals surface area contributed by atoms with Gasteiger partial charge in [0.15, 0.2) is 0 Å². The van der Waals surface area contributed by atoms with Crippen LogP contribution < -0.4 is 5.32 Å². The molecule has 0 aliphatic heterocycles. The Morgan fingerprint density at radius 2 is 2.00 bits per heavy atom. The highest BCUT2D eigenvalue weighted by Gasteiger charge is 1.85. The quantitative estimate of drug-likeness (QED) is 0.423. The van der Waals surface area contributed by atoms with E-state index < -0.39 is 0 Å². The van der Waals surface area contributed by atoms with Crippen LogP contribution in [0.4, 0.5) is 0 Å². The molecule has 0 fully saturated rings. The Kier molecular flexibility index (Phi) is 10.3. The summed E-state index contributed by atoms with van der Waals surface area (Å²) in [6, 6.07) is 0. The monoisotopic (exact) mass is 257 g/mol. The van der Waals surface area contributed by atoms with Crippen LogP contribution in [-0.4, -0.2) is 31.2 Å². The zero-order valence-corrected chi connectivity index (χ0v) is 8.69. The molecule has 0 saturated heterocycles. The normalized spacial score (nSPS) is 10.2. The average Bonchev–Trinajstić information content (AvgIpc) is 1.97. The first-order valence-corrected chi connectivity index (χ1v) is 5.20. The summed E-state index contributed by atoms with van der Waals surface area (Å²) < 4.78 is 6.15. The maximum Gasteiger partial charge on any atom is 0.0474 e. The number of rotatable bonds is 7. The summed E-state index contributed by atoms with van der Waals surface area (Å²) in [5.41, 5.74) is 0. The van der Waals surface area contributed by atoms with Gasteiger partial charge in [-0.2, -0.15) is 0 Å². The molecule has 0 unspecified atom stereocenters. The van der Waals surface area contributed by atoms with E-state index >= 15 is 0 Å². The third kappa shape index (κ3) is 8.65. The van der Waals surface area contributed by atoms with Gasteiger partial charge in [0.25, 0.3) is 0 Å². The lowest BCUT2D eigenvalue weighted by Crippen LogP contribution is -2.18. The van der Waals surface area contributed by atoms with Crippen LogP contribution in [0, 0.1) is 0 Å². The van der Waals surface area contributed by atoms with Crippen molar-refractivity contribution in [2.75, 3.05) is 31.2 Å². The van der Waals surface area contributed by atoms with E-state index in [1.165, 1.54) is 10.8 Å². The number of methoxy groups -OCH3 is 1. The number of alkyl halides is 1. The van der Waals surface area contributed by atoms with Gasteiger partial charge in [0.05, 0.1) is 0 Å². The number of ether oxygens (including phenoxy) is 1. The van der Waals surface area contributed by atoms with E-state index in [9.17, 15) is 0 Å². The Morgan fingerprint density at radius 3 is 2.60 bits per heavy atom. The van der Waals surface area contributed by atoms with Crippen LogP contribution >= 0.6 is 22.6 Å². The fourth-order valence-corrected chi connectivity index (χ4v) is 1.04. The Morgan fingerprint density at radius 1 is 1.30 bits per heavy atom. The summed E-state index contributed by atoms with van der Waals surface area (Å²) in [4.78, 5) is 0. The molecule has 0 amide bonds. The molecular weight excluding hydrogens is 241 g/mol. The van der Waals surface area contributed by atoms with Crippen molar-refractivity contribution in [2.45, 2.75) is 12.8 Å². The molecule has 0 radical (unpaired) electrons. The Bertz CT molecular complexity index is 53.6. The summed E-state index contributed by atoms with van der Waals surface area (Å²) in [6.07, 6.45) is 2.39. The summed E-state index contributed by atoms with van der Waals surface area (Å²) >= 11 is 2.39. The molecule has 0 bridgehead atoms. The Hall–Kier alpha value is 0.650. The maximum absolute atomic E-state index is 4.91. The van der Waals surface area contributed by atoms with E-state index in [0.717, 1.165) is 26.1 Å². The highest BCUT2D eigenvalue weighted by molar-refractivity contribution is 14.1. The van der Waals surface area contributed by atoms with Crippen molar-refractivity contribution in [3.8, 4) is 0 Å². The van der Waals surface area contributed by atoms with Gasteiger partial charge in [0.1, 0.15) is 0 Å². The fourth-order valence-electron chi connectivity index (χ4n) is 0.658. The van der Waals surface area contributed by atoms with E-state index in [2.05, 4.69) is 27.9 Å². The molecule has 1 N–H and O–H groups in total. The molecule has 0 aromatic rings. The van der Waals surface area contributed by atoms with Crippen LogP contribution in [0.1, 0.15) is 12.8 Å². The smallest absolute Gasteiger partial charge is 0.0474 e. The zero-order valence-electron chi connectivity index (χ0n) is 6.53. The molecule has 10 heavy (non-hydrogen) atoms. The van der Waals surface area contributed by atoms with Crippen LogP contribution in [-0.2, 0) is 4.74 Å². The summed E-state index contributed by atoms with van der Waals surface area (Å²) in [7, 11) is 1.74. The molecule has 0 rings (SSSR count). The van der Waals surface area contributed by atoms with Crippen molar-refractivity contribution in [1.29, 1.82) is 0 Å². The van der Waals surface area contributed by atoms with Crippen molar-refractivity contribution < 1.29 is 4.74 Å². The predicted octanol–water partition coefficient (Wildman–Crippen LogP) is 1.44. The average molecular weight is 257 g/mol. The largest absolute Gasteiger partial charge is 0.385 e. The van der Waals surface area contributed by atoms with Gasteiger partial charge < -0.3 is 10.1 Å². The lowest BCUT2D eigenvalue weighted by atomic mass is 10.4. The molecule has 62 valence electrons. The SMILES string of the molecule is COCCCNCCCI. The van der Waals surface area contributed by atoms with Gasteiger partial charge in [0, 0.05) is 18.1 Å². The zero-order chi connectivity index (χ0) is 7.66. The molecule has 0 atom stereocenters. The highest BCUT2D eigenvalue weighted by atomic mass is 127. The molecule has 0 aromatic carbocycles. The molecule has 0 saturated carbocycles. The fraction of sp³-hybridized carbons (Fsp3) is 1.00. The number of halogens is 1. The summed E-state index contributed by atoms with van der Waals surface area (Å²) in [6.45, 7) is 3.11. The highest BCUT2D eigenvalue weighted by Crippen LogP contribution is 1.85. The lowest BCUT2D eigenvalue weighted by Gasteiger charge is -2.01. The van der Waals surface area contributed by atoms with E-state index in [1.54, 1.807) is 7.11 Å². The summed E-state index contributed by atoms with van der Waals surface area (Å²) in [5.74, 6) is 0. The Labute approximate surface area is 76.9 Å². The number of nitrogens with one attached hydrogen (secondary N) is 1. The second-order valence-corrected chi connectivity index (χ2v) is 3.22. The van der Waals surface area contributed by atoms with Crippen molar-refractivity contribution in [3.63, 3.8) is 0 Å². The van der Waals surface area contributed by atoms with Gasteiger partial charge in [-0.3, -0.25) is 0 Å². The Balaban J connectivity index is 2.65. The van der Waals surface area contributed by atoms with Crippen molar-refractivity contribution in [3.05, 3.63) is 0 Å². The minimum Gasteiger partial charge on any atom is -0.385 e. The number of hydrogen-bond acceptors (Lipinski definition) is 2. The van der Waals surface area contributed by atoms with E-state index in [-0.39, 0.29) is 0 Å². The second kappa shape index (κ2) is 9.65. The number of hydrogen-bond donors (Lipinski definition) is 1. The van der Waals surface area contributed by atoms with Crippen LogP contribution in [0.25, 0.3) is 0 Å². The first-order valence-electron chi connectivity index (χ1n) is 3.67. The topological polar surface area (TPSA) is 21.3 Å².